The van der Waals surface area contributed by atoms with Crippen molar-refractivity contribution in [1.82, 2.24) is 0 Å². The molecular weight excluding hydrogens is 208 g/mol. The maximum absolute atomic E-state index is 13.5. The van der Waals surface area contributed by atoms with Crippen LogP contribution in [-0.2, 0) is 0 Å². The molecule has 2 fully saturated rings. The highest BCUT2D eigenvalue weighted by Crippen LogP contribution is 2.49. The van der Waals surface area contributed by atoms with E-state index in [0.717, 1.165) is 31.2 Å². The van der Waals surface area contributed by atoms with Crippen LogP contribution in [0, 0.1) is 17.6 Å². The van der Waals surface area contributed by atoms with Crippen LogP contribution in [0.4, 0.5) is 14.5 Å². The van der Waals surface area contributed by atoms with E-state index in [-0.39, 0.29) is 5.54 Å². The number of halogens is 2. The van der Waals surface area contributed by atoms with Crippen LogP contribution in [-0.4, -0.2) is 5.54 Å². The lowest BCUT2D eigenvalue weighted by Gasteiger charge is -2.29. The predicted octanol–water partition coefficient (Wildman–Crippen LogP) is 3.71. The fourth-order valence-corrected chi connectivity index (χ4v) is 3.24. The summed E-state index contributed by atoms with van der Waals surface area (Å²) in [7, 11) is 0. The molecule has 0 spiro atoms. The molecule has 0 aromatic heterocycles. The second kappa shape index (κ2) is 3.44. The van der Waals surface area contributed by atoms with Crippen LogP contribution in [0.5, 0.6) is 0 Å². The molecule has 2 bridgehead atoms. The minimum Gasteiger partial charge on any atom is -0.377 e. The fourth-order valence-electron chi connectivity index (χ4n) is 3.24. The second-order valence-corrected chi connectivity index (χ2v) is 5.18. The molecule has 0 unspecified atom stereocenters. The van der Waals surface area contributed by atoms with Gasteiger partial charge in [0.15, 0.2) is 0 Å². The standard InChI is InChI=1S/C13H15F2N/c14-10-1-2-12(11(15)7-10)16-13-5-3-9(8-13)4-6-13/h1-2,7,9,16H,3-6,8H2. The van der Waals surface area contributed by atoms with E-state index in [9.17, 15) is 8.78 Å². The summed E-state index contributed by atoms with van der Waals surface area (Å²) in [5.41, 5.74) is 0.535. The van der Waals surface area contributed by atoms with Crippen molar-refractivity contribution in [2.45, 2.75) is 37.6 Å². The summed E-state index contributed by atoms with van der Waals surface area (Å²) in [5, 5.41) is 3.30. The number of rotatable bonds is 2. The van der Waals surface area contributed by atoms with Gasteiger partial charge in [-0.2, -0.15) is 0 Å². The summed E-state index contributed by atoms with van der Waals surface area (Å²) < 4.78 is 26.3. The van der Waals surface area contributed by atoms with E-state index < -0.39 is 11.6 Å². The zero-order valence-electron chi connectivity index (χ0n) is 9.10. The SMILES string of the molecule is Fc1ccc(NC23CCC(CC2)C3)c(F)c1. The van der Waals surface area contributed by atoms with Crippen molar-refractivity contribution in [2.75, 3.05) is 5.32 Å². The van der Waals surface area contributed by atoms with Gasteiger partial charge in [0.1, 0.15) is 11.6 Å². The Hall–Kier alpha value is -1.12. The van der Waals surface area contributed by atoms with E-state index in [4.69, 9.17) is 0 Å². The van der Waals surface area contributed by atoms with Crippen molar-refractivity contribution in [3.8, 4) is 0 Å². The summed E-state index contributed by atoms with van der Waals surface area (Å²) in [4.78, 5) is 0. The molecule has 1 N–H and O–H groups in total. The van der Waals surface area contributed by atoms with Gasteiger partial charge in [-0.1, -0.05) is 0 Å². The Morgan fingerprint density at radius 1 is 1.19 bits per heavy atom. The molecule has 16 heavy (non-hydrogen) atoms. The molecule has 0 radical (unpaired) electrons. The highest BCUT2D eigenvalue weighted by molar-refractivity contribution is 5.48. The molecule has 0 saturated heterocycles. The normalized spacial score (nSPS) is 32.0. The third kappa shape index (κ3) is 1.58. The first-order valence-electron chi connectivity index (χ1n) is 5.90. The van der Waals surface area contributed by atoms with Crippen LogP contribution < -0.4 is 5.32 Å². The molecule has 3 rings (SSSR count). The number of benzene rings is 1. The zero-order valence-corrected chi connectivity index (χ0v) is 9.10. The second-order valence-electron chi connectivity index (χ2n) is 5.18. The van der Waals surface area contributed by atoms with Crippen LogP contribution in [0.1, 0.15) is 32.1 Å². The average molecular weight is 223 g/mol. The van der Waals surface area contributed by atoms with Gasteiger partial charge in [0, 0.05) is 11.6 Å². The maximum atomic E-state index is 13.5. The van der Waals surface area contributed by atoms with Crippen molar-refractivity contribution >= 4 is 5.69 Å². The van der Waals surface area contributed by atoms with Crippen LogP contribution in [0.2, 0.25) is 0 Å². The third-order valence-corrected chi connectivity index (χ3v) is 4.07. The summed E-state index contributed by atoms with van der Waals surface area (Å²) in [6, 6.07) is 3.76. The Kier molecular flexibility index (Phi) is 2.16. The van der Waals surface area contributed by atoms with Gasteiger partial charge in [0.2, 0.25) is 0 Å². The summed E-state index contributed by atoms with van der Waals surface area (Å²) in [6.45, 7) is 0. The molecule has 2 aliphatic carbocycles. The van der Waals surface area contributed by atoms with Crippen LogP contribution in [0.25, 0.3) is 0 Å². The van der Waals surface area contributed by atoms with E-state index in [1.54, 1.807) is 0 Å². The van der Waals surface area contributed by atoms with Gasteiger partial charge < -0.3 is 5.32 Å². The zero-order chi connectivity index (χ0) is 11.2. The van der Waals surface area contributed by atoms with Gasteiger partial charge in [0.25, 0.3) is 0 Å². The van der Waals surface area contributed by atoms with E-state index in [1.165, 1.54) is 25.0 Å². The van der Waals surface area contributed by atoms with Gasteiger partial charge >= 0.3 is 0 Å². The molecule has 1 nitrogen and oxygen atoms in total. The quantitative estimate of drug-likeness (QED) is 0.806. The minimum atomic E-state index is -0.517. The largest absolute Gasteiger partial charge is 0.377 e. The molecule has 3 heteroatoms. The lowest BCUT2D eigenvalue weighted by Crippen LogP contribution is -2.33. The fraction of sp³-hybridized carbons (Fsp3) is 0.538. The number of nitrogens with one attached hydrogen (secondary N) is 1. The lowest BCUT2D eigenvalue weighted by atomic mass is 9.93. The smallest absolute Gasteiger partial charge is 0.149 e. The molecule has 2 saturated carbocycles. The van der Waals surface area contributed by atoms with E-state index >= 15 is 0 Å². The predicted molar refractivity (Wildman–Crippen MR) is 59.3 cm³/mol. The Labute approximate surface area is 93.9 Å². The first-order chi connectivity index (χ1) is 7.67. The highest BCUT2D eigenvalue weighted by Gasteiger charge is 2.44. The van der Waals surface area contributed by atoms with Crippen LogP contribution in [0.15, 0.2) is 18.2 Å². The van der Waals surface area contributed by atoms with E-state index in [0.29, 0.717) is 5.69 Å². The summed E-state index contributed by atoms with van der Waals surface area (Å²) in [6.07, 6.45) is 5.87. The van der Waals surface area contributed by atoms with Crippen molar-refractivity contribution in [3.05, 3.63) is 29.8 Å². The molecule has 1 aromatic rings. The van der Waals surface area contributed by atoms with Crippen LogP contribution >= 0.6 is 0 Å². The van der Waals surface area contributed by atoms with Crippen molar-refractivity contribution in [1.29, 1.82) is 0 Å². The summed E-state index contributed by atoms with van der Waals surface area (Å²) >= 11 is 0. The number of fused-ring (bicyclic) bond motifs is 2. The molecule has 0 heterocycles. The Bertz CT molecular complexity index is 408. The molecular formula is C13H15F2N. The highest BCUT2D eigenvalue weighted by atomic mass is 19.1. The topological polar surface area (TPSA) is 12.0 Å². The number of anilines is 1. The molecule has 1 aromatic carbocycles. The lowest BCUT2D eigenvalue weighted by molar-refractivity contribution is 0.444. The van der Waals surface area contributed by atoms with Gasteiger partial charge in [-0.25, -0.2) is 8.78 Å². The Morgan fingerprint density at radius 2 is 1.94 bits per heavy atom. The first kappa shape index (κ1) is 10.1. The van der Waals surface area contributed by atoms with Gasteiger partial charge in [-0.3, -0.25) is 0 Å². The number of hydrogen-bond donors (Lipinski definition) is 1. The molecule has 86 valence electrons. The summed E-state index contributed by atoms with van der Waals surface area (Å²) in [5.74, 6) is -0.183. The molecule has 0 aliphatic heterocycles. The van der Waals surface area contributed by atoms with Crippen molar-refractivity contribution < 1.29 is 8.78 Å². The molecule has 0 amide bonds. The Morgan fingerprint density at radius 3 is 2.50 bits per heavy atom. The van der Waals surface area contributed by atoms with Gasteiger partial charge in [0.05, 0.1) is 5.69 Å². The first-order valence-corrected chi connectivity index (χ1v) is 5.90. The Balaban J connectivity index is 1.83. The molecule has 0 atom stereocenters. The van der Waals surface area contributed by atoms with Crippen molar-refractivity contribution in [2.24, 2.45) is 5.92 Å². The average Bonchev–Trinajstić information content (AvgIpc) is 2.82. The van der Waals surface area contributed by atoms with Crippen molar-refractivity contribution in [3.63, 3.8) is 0 Å². The third-order valence-electron chi connectivity index (χ3n) is 4.07. The maximum Gasteiger partial charge on any atom is 0.149 e. The monoisotopic (exact) mass is 223 g/mol. The van der Waals surface area contributed by atoms with Crippen LogP contribution in [0.3, 0.4) is 0 Å². The van der Waals surface area contributed by atoms with E-state index in [1.807, 2.05) is 0 Å². The molecule has 2 aliphatic rings. The van der Waals surface area contributed by atoms with Gasteiger partial charge in [-0.05, 0) is 50.2 Å². The van der Waals surface area contributed by atoms with Gasteiger partial charge in [-0.15, -0.1) is 0 Å². The number of hydrogen-bond acceptors (Lipinski definition) is 1. The van der Waals surface area contributed by atoms with E-state index in [2.05, 4.69) is 5.32 Å². The minimum absolute atomic E-state index is 0.0866.